The van der Waals surface area contributed by atoms with E-state index < -0.39 is 0 Å². The number of methoxy groups -OCH3 is 1. The van der Waals surface area contributed by atoms with Gasteiger partial charge < -0.3 is 15.0 Å². The monoisotopic (exact) mass is 382 g/mol. The van der Waals surface area contributed by atoms with Crippen molar-refractivity contribution in [3.05, 3.63) is 65.2 Å². The van der Waals surface area contributed by atoms with Gasteiger partial charge in [-0.1, -0.05) is 24.3 Å². The van der Waals surface area contributed by atoms with E-state index in [0.717, 1.165) is 26.5 Å². The molecule has 0 saturated heterocycles. The maximum Gasteiger partial charge on any atom is 0.244 e. The summed E-state index contributed by atoms with van der Waals surface area (Å²) in [4.78, 5) is 18.0. The number of thiazole rings is 1. The number of carbonyl (C=O) groups is 1. The quantitative estimate of drug-likeness (QED) is 0.617. The highest BCUT2D eigenvalue weighted by atomic mass is 32.1. The van der Waals surface area contributed by atoms with Crippen molar-refractivity contribution in [3.63, 3.8) is 0 Å². The first-order valence-corrected chi connectivity index (χ1v) is 9.64. The Labute approximate surface area is 163 Å². The zero-order valence-electron chi connectivity index (χ0n) is 15.7. The third kappa shape index (κ3) is 4.72. The van der Waals surface area contributed by atoms with E-state index in [1.807, 2.05) is 48.5 Å². The first-order chi connectivity index (χ1) is 13.1. The average Bonchev–Trinajstić information content (AvgIpc) is 3.09. The molecule has 0 bridgehead atoms. The Hall–Kier alpha value is -2.70. The van der Waals surface area contributed by atoms with Gasteiger partial charge in [0, 0.05) is 6.08 Å². The van der Waals surface area contributed by atoms with E-state index >= 15 is 0 Å². The van der Waals surface area contributed by atoms with Crippen LogP contribution in [0.1, 0.15) is 16.6 Å². The van der Waals surface area contributed by atoms with Gasteiger partial charge in [0.2, 0.25) is 5.91 Å². The van der Waals surface area contributed by atoms with Crippen molar-refractivity contribution in [2.45, 2.75) is 6.04 Å². The molecule has 0 radical (unpaired) electrons. The Morgan fingerprint density at radius 1 is 1.22 bits per heavy atom. The predicted octanol–water partition coefficient (Wildman–Crippen LogP) is 2.32. The number of para-hydroxylation sites is 2. The summed E-state index contributed by atoms with van der Waals surface area (Å²) in [7, 11) is 5.81. The summed E-state index contributed by atoms with van der Waals surface area (Å²) in [6.45, 7) is 0.520. The summed E-state index contributed by atoms with van der Waals surface area (Å²) in [5, 5.41) is 3.82. The second-order valence-electron chi connectivity index (χ2n) is 6.47. The van der Waals surface area contributed by atoms with Crippen LogP contribution in [0.5, 0.6) is 5.75 Å². The number of ether oxygens (including phenoxy) is 1. The molecule has 0 aliphatic carbocycles. The van der Waals surface area contributed by atoms with Crippen LogP contribution in [0.3, 0.4) is 0 Å². The third-order valence-electron chi connectivity index (χ3n) is 4.38. The molecule has 140 valence electrons. The minimum absolute atomic E-state index is 0.0981. The van der Waals surface area contributed by atoms with Crippen LogP contribution >= 0.6 is 11.3 Å². The van der Waals surface area contributed by atoms with Gasteiger partial charge in [-0.2, -0.15) is 0 Å². The van der Waals surface area contributed by atoms with Crippen LogP contribution in [0.2, 0.25) is 0 Å². The normalized spacial score (nSPS) is 12.6. The molecule has 5 nitrogen and oxygen atoms in total. The number of nitrogens with one attached hydrogen (secondary N) is 2. The molecule has 1 atom stereocenters. The lowest BCUT2D eigenvalue weighted by Crippen LogP contribution is -3.07. The molecule has 0 unspecified atom stereocenters. The van der Waals surface area contributed by atoms with Crippen molar-refractivity contribution in [1.29, 1.82) is 0 Å². The SMILES string of the molecule is COc1ccccc1[C@H](CNC(=O)/C=C/c1nc2ccccc2s1)[NH+](C)C. The van der Waals surface area contributed by atoms with E-state index in [2.05, 4.69) is 24.4 Å². The number of quaternary nitrogens is 1. The van der Waals surface area contributed by atoms with E-state index in [4.69, 9.17) is 4.74 Å². The van der Waals surface area contributed by atoms with E-state index in [0.29, 0.717) is 6.54 Å². The first kappa shape index (κ1) is 19.1. The minimum Gasteiger partial charge on any atom is -0.496 e. The number of hydrogen-bond acceptors (Lipinski definition) is 4. The Balaban J connectivity index is 1.65. The average molecular weight is 383 g/mol. The van der Waals surface area contributed by atoms with Crippen LogP contribution in [-0.4, -0.2) is 38.6 Å². The second-order valence-corrected chi connectivity index (χ2v) is 7.53. The number of amides is 1. The number of likely N-dealkylation sites (N-methyl/N-ethyl adjacent to an activating group) is 1. The Bertz CT molecular complexity index is 916. The smallest absolute Gasteiger partial charge is 0.244 e. The first-order valence-electron chi connectivity index (χ1n) is 8.83. The maximum absolute atomic E-state index is 12.3. The summed E-state index contributed by atoms with van der Waals surface area (Å²) in [6, 6.07) is 16.0. The molecule has 6 heteroatoms. The molecule has 0 spiro atoms. The highest BCUT2D eigenvalue weighted by Gasteiger charge is 2.21. The summed E-state index contributed by atoms with van der Waals surface area (Å²) in [5.41, 5.74) is 2.03. The van der Waals surface area contributed by atoms with E-state index in [-0.39, 0.29) is 11.9 Å². The molecule has 0 saturated carbocycles. The van der Waals surface area contributed by atoms with Crippen LogP contribution < -0.4 is 15.0 Å². The lowest BCUT2D eigenvalue weighted by molar-refractivity contribution is -0.890. The summed E-state index contributed by atoms with van der Waals surface area (Å²) >= 11 is 1.57. The Kier molecular flexibility index (Phi) is 6.21. The summed E-state index contributed by atoms with van der Waals surface area (Å²) in [6.07, 6.45) is 3.31. The highest BCUT2D eigenvalue weighted by molar-refractivity contribution is 7.19. The maximum atomic E-state index is 12.3. The van der Waals surface area contributed by atoms with Crippen LogP contribution in [0.25, 0.3) is 16.3 Å². The van der Waals surface area contributed by atoms with Gasteiger partial charge in [0.1, 0.15) is 16.8 Å². The topological polar surface area (TPSA) is 55.7 Å². The lowest BCUT2D eigenvalue weighted by atomic mass is 10.0. The summed E-state index contributed by atoms with van der Waals surface area (Å²) in [5.74, 6) is 0.707. The summed E-state index contributed by atoms with van der Waals surface area (Å²) < 4.78 is 6.59. The van der Waals surface area contributed by atoms with E-state index in [9.17, 15) is 4.79 Å². The highest BCUT2D eigenvalue weighted by Crippen LogP contribution is 2.23. The number of hydrogen-bond donors (Lipinski definition) is 2. The molecule has 27 heavy (non-hydrogen) atoms. The minimum atomic E-state index is -0.129. The lowest BCUT2D eigenvalue weighted by Gasteiger charge is -2.23. The zero-order valence-corrected chi connectivity index (χ0v) is 16.5. The molecular formula is C21H24N3O2S+. The van der Waals surface area contributed by atoms with E-state index in [1.165, 1.54) is 4.90 Å². The standard InChI is InChI=1S/C21H23N3O2S/c1-24(2)17(15-8-4-6-10-18(15)26-3)14-22-20(25)12-13-21-23-16-9-5-7-11-19(16)27-21/h4-13,17H,14H2,1-3H3,(H,22,25)/p+1/b13-12+/t17-/m0/s1. The predicted molar refractivity (Wildman–Crippen MR) is 110 cm³/mol. The van der Waals surface area contributed by atoms with Gasteiger partial charge in [-0.15, -0.1) is 11.3 Å². The van der Waals surface area contributed by atoms with Crippen LogP contribution in [-0.2, 0) is 4.79 Å². The van der Waals surface area contributed by atoms with Crippen LogP contribution in [0.15, 0.2) is 54.6 Å². The molecule has 1 heterocycles. The number of nitrogens with zero attached hydrogens (tertiary/aromatic N) is 1. The van der Waals surface area contributed by atoms with Crippen LogP contribution in [0.4, 0.5) is 0 Å². The molecule has 3 rings (SSSR count). The fourth-order valence-corrected chi connectivity index (χ4v) is 3.82. The number of aromatic nitrogens is 1. The molecule has 3 aromatic rings. The van der Waals surface area contributed by atoms with Gasteiger partial charge in [0.05, 0.1) is 43.5 Å². The molecule has 2 N–H and O–H groups in total. The second kappa shape index (κ2) is 8.79. The number of benzene rings is 2. The van der Waals surface area contributed by atoms with Crippen molar-refractivity contribution < 1.29 is 14.4 Å². The van der Waals surface area contributed by atoms with Gasteiger partial charge in [0.15, 0.2) is 0 Å². The van der Waals surface area contributed by atoms with Gasteiger partial charge in [-0.25, -0.2) is 4.98 Å². The molecule has 1 amide bonds. The molecule has 0 aliphatic rings. The molecule has 2 aromatic carbocycles. The van der Waals surface area contributed by atoms with E-state index in [1.54, 1.807) is 30.6 Å². The number of carbonyl (C=O) groups excluding carboxylic acids is 1. The fourth-order valence-electron chi connectivity index (χ4n) is 2.95. The van der Waals surface area contributed by atoms with Gasteiger partial charge in [-0.3, -0.25) is 4.79 Å². The van der Waals surface area contributed by atoms with Crippen LogP contribution in [0, 0.1) is 0 Å². The van der Waals surface area contributed by atoms with Crippen molar-refractivity contribution >= 4 is 33.5 Å². The van der Waals surface area contributed by atoms with Crippen molar-refractivity contribution in [2.24, 2.45) is 0 Å². The number of rotatable bonds is 7. The fraction of sp³-hybridized carbons (Fsp3) is 0.238. The van der Waals surface area contributed by atoms with Gasteiger partial charge in [0.25, 0.3) is 0 Å². The number of fused-ring (bicyclic) bond motifs is 1. The third-order valence-corrected chi connectivity index (χ3v) is 5.38. The molecule has 0 fully saturated rings. The molecule has 0 aliphatic heterocycles. The largest absolute Gasteiger partial charge is 0.496 e. The van der Waals surface area contributed by atoms with Gasteiger partial charge in [-0.05, 0) is 30.3 Å². The Morgan fingerprint density at radius 3 is 2.70 bits per heavy atom. The van der Waals surface area contributed by atoms with Crippen molar-refractivity contribution in [3.8, 4) is 5.75 Å². The van der Waals surface area contributed by atoms with Crippen molar-refractivity contribution in [2.75, 3.05) is 27.7 Å². The molecule has 1 aromatic heterocycles. The van der Waals surface area contributed by atoms with Crippen molar-refractivity contribution in [1.82, 2.24) is 10.3 Å². The Morgan fingerprint density at radius 2 is 1.96 bits per heavy atom. The molecular weight excluding hydrogens is 358 g/mol. The van der Waals surface area contributed by atoms with Gasteiger partial charge >= 0.3 is 0 Å². The zero-order chi connectivity index (χ0) is 19.2.